The van der Waals surface area contributed by atoms with Crippen LogP contribution in [0.2, 0.25) is 0 Å². The Morgan fingerprint density at radius 2 is 1.60 bits per heavy atom. The first-order valence-electron chi connectivity index (χ1n) is 14.0. The lowest BCUT2D eigenvalue weighted by molar-refractivity contribution is -0.129. The molecule has 1 rings (SSSR count). The van der Waals surface area contributed by atoms with E-state index in [4.69, 9.17) is 14.2 Å². The summed E-state index contributed by atoms with van der Waals surface area (Å²) in [6.45, 7) is 15.9. The first-order chi connectivity index (χ1) is 18.5. The molecule has 0 aliphatic heterocycles. The standard InChI is InChI=1S/C30H51N3O7/c1-20(2)21(18-31-26(35)22-13-10-11-14-25(22)39-16-12-15-38-9)17-23(33-28(37)40-30(6,7)8)24(34)19-32-27(36)29(3,4)5/h10-11,13-14,20-21,23-24,34H,12,15-19H2,1-9H3,(H,31,35)(H,32,36)(H,33,37)/t21-,23+,24+/m1/s1. The number of hydrogen-bond donors (Lipinski definition) is 4. The number of hydrogen-bond acceptors (Lipinski definition) is 7. The second kappa shape index (κ2) is 16.4. The number of methoxy groups -OCH3 is 1. The minimum absolute atomic E-state index is 0.0402. The highest BCUT2D eigenvalue weighted by Gasteiger charge is 2.30. The van der Waals surface area contributed by atoms with E-state index in [1.807, 2.05) is 19.9 Å². The van der Waals surface area contributed by atoms with Crippen LogP contribution in [0.25, 0.3) is 0 Å². The molecule has 40 heavy (non-hydrogen) atoms. The van der Waals surface area contributed by atoms with E-state index in [-0.39, 0.29) is 30.2 Å². The van der Waals surface area contributed by atoms with Gasteiger partial charge in [-0.25, -0.2) is 4.79 Å². The second-order valence-corrected chi connectivity index (χ2v) is 12.4. The first-order valence-corrected chi connectivity index (χ1v) is 14.0. The molecule has 0 aliphatic carbocycles. The van der Waals surface area contributed by atoms with Crippen LogP contribution in [0.1, 0.15) is 78.6 Å². The lowest BCUT2D eigenvalue weighted by Crippen LogP contribution is -2.52. The zero-order valence-corrected chi connectivity index (χ0v) is 25.8. The summed E-state index contributed by atoms with van der Waals surface area (Å²) in [7, 11) is 1.63. The highest BCUT2D eigenvalue weighted by molar-refractivity contribution is 5.96. The summed E-state index contributed by atoms with van der Waals surface area (Å²) in [6.07, 6.45) is -0.687. The van der Waals surface area contributed by atoms with Gasteiger partial charge in [0.15, 0.2) is 0 Å². The van der Waals surface area contributed by atoms with Gasteiger partial charge in [-0.15, -0.1) is 0 Å². The molecule has 228 valence electrons. The average Bonchev–Trinajstić information content (AvgIpc) is 2.84. The summed E-state index contributed by atoms with van der Waals surface area (Å²) in [5.74, 6) is 0.0134. The van der Waals surface area contributed by atoms with E-state index in [1.165, 1.54) is 0 Å². The Balaban J connectivity index is 2.98. The van der Waals surface area contributed by atoms with E-state index in [1.54, 1.807) is 66.9 Å². The maximum Gasteiger partial charge on any atom is 0.407 e. The number of ether oxygens (including phenoxy) is 3. The maximum absolute atomic E-state index is 13.1. The fraction of sp³-hybridized carbons (Fsp3) is 0.700. The Morgan fingerprint density at radius 3 is 2.17 bits per heavy atom. The molecule has 0 aliphatic rings. The van der Waals surface area contributed by atoms with Crippen molar-refractivity contribution in [2.24, 2.45) is 17.3 Å². The zero-order chi connectivity index (χ0) is 30.5. The van der Waals surface area contributed by atoms with Crippen molar-refractivity contribution >= 4 is 17.9 Å². The minimum atomic E-state index is -1.07. The Bertz CT molecular complexity index is 938. The Labute approximate surface area is 239 Å². The van der Waals surface area contributed by atoms with Gasteiger partial charge in [0.2, 0.25) is 5.91 Å². The number of carbonyl (C=O) groups is 3. The van der Waals surface area contributed by atoms with E-state index in [0.717, 1.165) is 0 Å². The van der Waals surface area contributed by atoms with Gasteiger partial charge in [-0.3, -0.25) is 9.59 Å². The van der Waals surface area contributed by atoms with E-state index < -0.39 is 29.3 Å². The third kappa shape index (κ3) is 13.5. The molecular weight excluding hydrogens is 514 g/mol. The Morgan fingerprint density at radius 1 is 0.950 bits per heavy atom. The second-order valence-electron chi connectivity index (χ2n) is 12.4. The zero-order valence-electron chi connectivity index (χ0n) is 25.8. The largest absolute Gasteiger partial charge is 0.493 e. The Hall–Kier alpha value is -2.85. The van der Waals surface area contributed by atoms with Crippen LogP contribution in [0, 0.1) is 17.3 Å². The van der Waals surface area contributed by atoms with Crippen molar-refractivity contribution < 1.29 is 33.7 Å². The molecule has 4 N–H and O–H groups in total. The van der Waals surface area contributed by atoms with Gasteiger partial charge in [-0.05, 0) is 51.2 Å². The molecule has 3 amide bonds. The van der Waals surface area contributed by atoms with Gasteiger partial charge >= 0.3 is 6.09 Å². The molecule has 0 saturated heterocycles. The molecule has 0 bridgehead atoms. The van der Waals surface area contributed by atoms with Crippen LogP contribution in [-0.2, 0) is 14.3 Å². The molecule has 0 spiro atoms. The summed E-state index contributed by atoms with van der Waals surface area (Å²) in [6, 6.07) is 6.33. The molecule has 0 aromatic heterocycles. The molecule has 0 unspecified atom stereocenters. The normalized spacial score (nSPS) is 14.2. The third-order valence-electron chi connectivity index (χ3n) is 6.23. The number of rotatable bonds is 15. The summed E-state index contributed by atoms with van der Waals surface area (Å²) in [5, 5.41) is 19.5. The quantitative estimate of drug-likeness (QED) is 0.237. The van der Waals surface area contributed by atoms with E-state index in [9.17, 15) is 19.5 Å². The van der Waals surface area contributed by atoms with Crippen molar-refractivity contribution in [3.05, 3.63) is 29.8 Å². The molecule has 3 atom stereocenters. The summed E-state index contributed by atoms with van der Waals surface area (Å²) >= 11 is 0. The van der Waals surface area contributed by atoms with Crippen LogP contribution in [-0.4, -0.2) is 74.2 Å². The van der Waals surface area contributed by atoms with Crippen molar-refractivity contribution in [3.63, 3.8) is 0 Å². The predicted molar refractivity (Wildman–Crippen MR) is 155 cm³/mol. The smallest absolute Gasteiger partial charge is 0.407 e. The number of aliphatic hydroxyl groups excluding tert-OH is 1. The summed E-state index contributed by atoms with van der Waals surface area (Å²) in [4.78, 5) is 38.1. The number of alkyl carbamates (subject to hydrolysis) is 1. The van der Waals surface area contributed by atoms with Gasteiger partial charge in [0, 0.05) is 38.6 Å². The highest BCUT2D eigenvalue weighted by Crippen LogP contribution is 2.22. The molecule has 1 aromatic rings. The number of amides is 3. The number of aliphatic hydroxyl groups is 1. The number of carbonyl (C=O) groups excluding carboxylic acids is 3. The molecule has 0 heterocycles. The van der Waals surface area contributed by atoms with Gasteiger partial charge < -0.3 is 35.3 Å². The van der Waals surface area contributed by atoms with Gasteiger partial charge in [0.25, 0.3) is 5.91 Å². The van der Waals surface area contributed by atoms with Crippen LogP contribution in [0.5, 0.6) is 5.75 Å². The van der Waals surface area contributed by atoms with E-state index in [2.05, 4.69) is 16.0 Å². The van der Waals surface area contributed by atoms with Gasteiger partial charge in [0.05, 0.1) is 24.3 Å². The van der Waals surface area contributed by atoms with Gasteiger partial charge in [-0.1, -0.05) is 46.8 Å². The van der Waals surface area contributed by atoms with Crippen LogP contribution < -0.4 is 20.7 Å². The summed E-state index contributed by atoms with van der Waals surface area (Å²) in [5.41, 5.74) is -0.914. The van der Waals surface area contributed by atoms with Crippen LogP contribution in [0.3, 0.4) is 0 Å². The molecule has 10 heteroatoms. The van der Waals surface area contributed by atoms with Crippen molar-refractivity contribution in [3.8, 4) is 5.75 Å². The van der Waals surface area contributed by atoms with Crippen molar-refractivity contribution in [1.82, 2.24) is 16.0 Å². The SMILES string of the molecule is COCCCOc1ccccc1C(=O)NC[C@@H](C[C@H](NC(=O)OC(C)(C)C)[C@@H](O)CNC(=O)C(C)(C)C)C(C)C. The topological polar surface area (TPSA) is 135 Å². The maximum atomic E-state index is 13.1. The molecule has 0 saturated carbocycles. The average molecular weight is 566 g/mol. The third-order valence-corrected chi connectivity index (χ3v) is 6.23. The number of para-hydroxylation sites is 1. The van der Waals surface area contributed by atoms with E-state index in [0.29, 0.717) is 43.9 Å². The molecule has 1 aromatic carbocycles. The summed E-state index contributed by atoms with van der Waals surface area (Å²) < 4.78 is 16.3. The first kappa shape index (κ1) is 35.2. The molecule has 10 nitrogen and oxygen atoms in total. The van der Waals surface area contributed by atoms with Gasteiger partial charge in [-0.2, -0.15) is 0 Å². The molecule has 0 radical (unpaired) electrons. The van der Waals surface area contributed by atoms with Gasteiger partial charge in [0.1, 0.15) is 11.4 Å². The van der Waals surface area contributed by atoms with Crippen molar-refractivity contribution in [2.45, 2.75) is 86.0 Å². The van der Waals surface area contributed by atoms with Crippen LogP contribution in [0.4, 0.5) is 4.79 Å². The van der Waals surface area contributed by atoms with Crippen LogP contribution >= 0.6 is 0 Å². The van der Waals surface area contributed by atoms with E-state index >= 15 is 0 Å². The lowest BCUT2D eigenvalue weighted by atomic mass is 9.87. The number of benzene rings is 1. The lowest BCUT2D eigenvalue weighted by Gasteiger charge is -2.31. The Kier molecular flexibility index (Phi) is 14.4. The van der Waals surface area contributed by atoms with Crippen molar-refractivity contribution in [1.29, 1.82) is 0 Å². The predicted octanol–water partition coefficient (Wildman–Crippen LogP) is 3.91. The highest BCUT2D eigenvalue weighted by atomic mass is 16.6. The minimum Gasteiger partial charge on any atom is -0.493 e. The monoisotopic (exact) mass is 565 g/mol. The van der Waals surface area contributed by atoms with Crippen molar-refractivity contribution in [2.75, 3.05) is 33.4 Å². The molecular formula is C30H51N3O7. The van der Waals surface area contributed by atoms with Crippen LogP contribution in [0.15, 0.2) is 24.3 Å². The fourth-order valence-corrected chi connectivity index (χ4v) is 3.78. The number of nitrogens with one attached hydrogen (secondary N) is 3. The fourth-order valence-electron chi connectivity index (χ4n) is 3.78. The molecule has 0 fully saturated rings.